The number of nitrogens with one attached hydrogen (secondary N) is 1. The third-order valence-corrected chi connectivity index (χ3v) is 3.73. The molecule has 1 aromatic rings. The van der Waals surface area contributed by atoms with E-state index in [0.29, 0.717) is 18.8 Å². The zero-order valence-corrected chi connectivity index (χ0v) is 11.2. The highest BCUT2D eigenvalue weighted by atomic mass is 16.6. The standard InChI is InChI=1S/C13H17N3O4/c1-9-3-2-5-13(8-9,12(17)18)15-11-7-10(16(19)20)4-6-14-11/h4,6-7,9H,2-3,5,8H2,1H3,(H,14,15)(H,17,18). The van der Waals surface area contributed by atoms with E-state index in [0.717, 1.165) is 12.8 Å². The van der Waals surface area contributed by atoms with Gasteiger partial charge in [0.1, 0.15) is 11.4 Å². The van der Waals surface area contributed by atoms with Crippen LogP contribution >= 0.6 is 0 Å². The second kappa shape index (κ2) is 5.44. The van der Waals surface area contributed by atoms with Crippen LogP contribution in [0.4, 0.5) is 11.5 Å². The van der Waals surface area contributed by atoms with Crippen LogP contribution in [0.3, 0.4) is 0 Å². The largest absolute Gasteiger partial charge is 0.480 e. The minimum atomic E-state index is -1.08. The van der Waals surface area contributed by atoms with E-state index in [1.54, 1.807) is 0 Å². The molecule has 0 spiro atoms. The van der Waals surface area contributed by atoms with Crippen molar-refractivity contribution in [2.45, 2.75) is 38.1 Å². The summed E-state index contributed by atoms with van der Waals surface area (Å²) in [7, 11) is 0. The molecule has 7 heteroatoms. The number of rotatable bonds is 4. The van der Waals surface area contributed by atoms with Crippen molar-refractivity contribution >= 4 is 17.5 Å². The first-order valence-corrected chi connectivity index (χ1v) is 6.55. The SMILES string of the molecule is CC1CCCC(Nc2cc([N+](=O)[O-])ccn2)(C(=O)O)C1. The van der Waals surface area contributed by atoms with Gasteiger partial charge in [0.05, 0.1) is 11.0 Å². The van der Waals surface area contributed by atoms with Crippen LogP contribution in [0.25, 0.3) is 0 Å². The number of aliphatic carboxylic acids is 1. The lowest BCUT2D eigenvalue weighted by Crippen LogP contribution is -2.49. The number of carboxylic acid groups (broad SMARTS) is 1. The first-order valence-electron chi connectivity index (χ1n) is 6.55. The van der Waals surface area contributed by atoms with E-state index in [9.17, 15) is 20.0 Å². The first kappa shape index (κ1) is 14.2. The quantitative estimate of drug-likeness (QED) is 0.647. The maximum absolute atomic E-state index is 11.6. The monoisotopic (exact) mass is 279 g/mol. The molecule has 1 aliphatic carbocycles. The molecule has 2 unspecified atom stereocenters. The molecule has 2 atom stereocenters. The van der Waals surface area contributed by atoms with Crippen LogP contribution in [0.2, 0.25) is 0 Å². The normalized spacial score (nSPS) is 25.9. The highest BCUT2D eigenvalue weighted by molar-refractivity contribution is 5.82. The highest BCUT2D eigenvalue weighted by Gasteiger charge is 2.42. The van der Waals surface area contributed by atoms with Crippen LogP contribution in [0, 0.1) is 16.0 Å². The van der Waals surface area contributed by atoms with Crippen LogP contribution in [0.15, 0.2) is 18.3 Å². The van der Waals surface area contributed by atoms with Gasteiger partial charge in [0.25, 0.3) is 5.69 Å². The van der Waals surface area contributed by atoms with Crippen LogP contribution in [0.5, 0.6) is 0 Å². The molecular weight excluding hydrogens is 262 g/mol. The van der Waals surface area contributed by atoms with Crippen LogP contribution in [0.1, 0.15) is 32.6 Å². The lowest BCUT2D eigenvalue weighted by molar-refractivity contribution is -0.384. The Labute approximate surface area is 116 Å². The van der Waals surface area contributed by atoms with Crippen molar-refractivity contribution in [3.05, 3.63) is 28.4 Å². The van der Waals surface area contributed by atoms with Crippen molar-refractivity contribution in [2.75, 3.05) is 5.32 Å². The van der Waals surface area contributed by atoms with E-state index in [-0.39, 0.29) is 11.5 Å². The van der Waals surface area contributed by atoms with Crippen molar-refractivity contribution in [3.8, 4) is 0 Å². The third kappa shape index (κ3) is 2.87. The van der Waals surface area contributed by atoms with Gasteiger partial charge in [-0.15, -0.1) is 0 Å². The van der Waals surface area contributed by atoms with E-state index in [1.165, 1.54) is 18.3 Å². The number of nitrogens with zero attached hydrogens (tertiary/aromatic N) is 2. The average Bonchev–Trinajstić information content (AvgIpc) is 2.38. The van der Waals surface area contributed by atoms with E-state index >= 15 is 0 Å². The van der Waals surface area contributed by atoms with Crippen LogP contribution in [-0.4, -0.2) is 26.5 Å². The summed E-state index contributed by atoms with van der Waals surface area (Å²) in [6.07, 6.45) is 4.11. The number of nitro groups is 1. The van der Waals surface area contributed by atoms with Crippen molar-refractivity contribution in [3.63, 3.8) is 0 Å². The molecule has 0 bridgehead atoms. The number of carboxylic acids is 1. The second-order valence-electron chi connectivity index (χ2n) is 5.37. The van der Waals surface area contributed by atoms with Gasteiger partial charge in [-0.2, -0.15) is 0 Å². The van der Waals surface area contributed by atoms with Gasteiger partial charge < -0.3 is 10.4 Å². The Morgan fingerprint density at radius 3 is 3.00 bits per heavy atom. The fraction of sp³-hybridized carbons (Fsp3) is 0.538. The molecule has 0 aliphatic heterocycles. The predicted molar refractivity (Wildman–Crippen MR) is 72.5 cm³/mol. The second-order valence-corrected chi connectivity index (χ2v) is 5.37. The summed E-state index contributed by atoms with van der Waals surface area (Å²) in [6, 6.07) is 2.55. The number of aromatic nitrogens is 1. The molecule has 1 aliphatic rings. The number of hydrogen-bond acceptors (Lipinski definition) is 5. The molecule has 0 saturated heterocycles. The lowest BCUT2D eigenvalue weighted by atomic mass is 9.76. The Bertz CT molecular complexity index is 534. The molecule has 108 valence electrons. The molecule has 1 saturated carbocycles. The lowest BCUT2D eigenvalue weighted by Gasteiger charge is -2.37. The van der Waals surface area contributed by atoms with Gasteiger partial charge >= 0.3 is 5.97 Å². The number of carbonyl (C=O) groups is 1. The van der Waals surface area contributed by atoms with Gasteiger partial charge in [-0.1, -0.05) is 19.8 Å². The maximum atomic E-state index is 11.6. The van der Waals surface area contributed by atoms with E-state index in [4.69, 9.17) is 0 Å². The van der Waals surface area contributed by atoms with Gasteiger partial charge in [0, 0.05) is 12.3 Å². The summed E-state index contributed by atoms with van der Waals surface area (Å²) in [5.41, 5.74) is -1.19. The molecule has 0 aromatic carbocycles. The minimum Gasteiger partial charge on any atom is -0.480 e. The fourth-order valence-corrected chi connectivity index (χ4v) is 2.76. The molecule has 1 fully saturated rings. The third-order valence-electron chi connectivity index (χ3n) is 3.73. The molecule has 2 N–H and O–H groups in total. The molecule has 1 aromatic heterocycles. The predicted octanol–water partition coefficient (Wildman–Crippen LogP) is 2.44. The Kier molecular flexibility index (Phi) is 3.87. The van der Waals surface area contributed by atoms with Crippen LogP contribution < -0.4 is 5.32 Å². The summed E-state index contributed by atoms with van der Waals surface area (Å²) in [5.74, 6) is -0.404. The fourth-order valence-electron chi connectivity index (χ4n) is 2.76. The Morgan fingerprint density at radius 2 is 2.40 bits per heavy atom. The van der Waals surface area contributed by atoms with Crippen molar-refractivity contribution in [1.29, 1.82) is 0 Å². The minimum absolute atomic E-state index is 0.105. The summed E-state index contributed by atoms with van der Waals surface area (Å²) in [4.78, 5) is 25.8. The van der Waals surface area contributed by atoms with Crippen molar-refractivity contribution < 1.29 is 14.8 Å². The molecule has 20 heavy (non-hydrogen) atoms. The molecule has 0 amide bonds. The molecule has 2 rings (SSSR count). The van der Waals surface area contributed by atoms with E-state index in [2.05, 4.69) is 10.3 Å². The number of anilines is 1. The zero-order valence-electron chi connectivity index (χ0n) is 11.2. The summed E-state index contributed by atoms with van der Waals surface area (Å²) < 4.78 is 0. The molecule has 0 radical (unpaired) electrons. The summed E-state index contributed by atoms with van der Waals surface area (Å²) >= 11 is 0. The van der Waals surface area contributed by atoms with Gasteiger partial charge in [-0.3, -0.25) is 10.1 Å². The molecule has 1 heterocycles. The molecular formula is C13H17N3O4. The number of pyridine rings is 1. The zero-order chi connectivity index (χ0) is 14.8. The maximum Gasteiger partial charge on any atom is 0.329 e. The number of hydrogen-bond donors (Lipinski definition) is 2. The average molecular weight is 279 g/mol. The first-order chi connectivity index (χ1) is 9.43. The van der Waals surface area contributed by atoms with E-state index in [1.807, 2.05) is 6.92 Å². The van der Waals surface area contributed by atoms with Gasteiger partial charge in [0.15, 0.2) is 0 Å². The topological polar surface area (TPSA) is 105 Å². The summed E-state index contributed by atoms with van der Waals surface area (Å²) in [5, 5.41) is 23.2. The highest BCUT2D eigenvalue weighted by Crippen LogP contribution is 2.35. The Balaban J connectivity index is 2.26. The smallest absolute Gasteiger partial charge is 0.329 e. The van der Waals surface area contributed by atoms with Crippen molar-refractivity contribution in [2.24, 2.45) is 5.92 Å². The van der Waals surface area contributed by atoms with Gasteiger partial charge in [0.2, 0.25) is 0 Å². The summed E-state index contributed by atoms with van der Waals surface area (Å²) in [6.45, 7) is 2.01. The van der Waals surface area contributed by atoms with Crippen molar-refractivity contribution in [1.82, 2.24) is 4.98 Å². The van der Waals surface area contributed by atoms with Gasteiger partial charge in [-0.05, 0) is 18.8 Å². The van der Waals surface area contributed by atoms with Crippen LogP contribution in [-0.2, 0) is 4.79 Å². The Hall–Kier alpha value is -2.18. The van der Waals surface area contributed by atoms with Gasteiger partial charge in [-0.25, -0.2) is 9.78 Å². The van der Waals surface area contributed by atoms with E-state index < -0.39 is 16.4 Å². The molecule has 7 nitrogen and oxygen atoms in total. The Morgan fingerprint density at radius 1 is 1.65 bits per heavy atom.